The molecule has 1 aliphatic rings. The maximum absolute atomic E-state index is 4.17. The summed E-state index contributed by atoms with van der Waals surface area (Å²) in [6.45, 7) is 4.69. The van der Waals surface area contributed by atoms with E-state index in [4.69, 9.17) is 0 Å². The first-order valence-corrected chi connectivity index (χ1v) is 3.65. The van der Waals surface area contributed by atoms with Gasteiger partial charge in [-0.15, -0.1) is 0 Å². The fourth-order valence-electron chi connectivity index (χ4n) is 1.27. The van der Waals surface area contributed by atoms with Crippen LogP contribution in [-0.2, 0) is 0 Å². The molecule has 1 heteroatoms. The highest BCUT2D eigenvalue weighted by Crippen LogP contribution is 2.19. The van der Waals surface area contributed by atoms with Crippen molar-refractivity contribution >= 4 is 11.8 Å². The van der Waals surface area contributed by atoms with Crippen LogP contribution in [0.25, 0.3) is 5.57 Å². The van der Waals surface area contributed by atoms with E-state index in [1.54, 1.807) is 0 Å². The molecule has 1 aromatic rings. The Morgan fingerprint density at radius 2 is 2.09 bits per heavy atom. The molecule has 0 saturated heterocycles. The van der Waals surface area contributed by atoms with Crippen LogP contribution in [0.4, 0.5) is 0 Å². The predicted molar refractivity (Wildman–Crippen MR) is 47.9 cm³/mol. The van der Waals surface area contributed by atoms with Crippen molar-refractivity contribution in [1.29, 1.82) is 0 Å². The van der Waals surface area contributed by atoms with Gasteiger partial charge in [-0.1, -0.05) is 30.8 Å². The molecule has 2 rings (SSSR count). The quantitative estimate of drug-likeness (QED) is 0.527. The summed E-state index contributed by atoms with van der Waals surface area (Å²) < 4.78 is 0. The smallest absolute Gasteiger partial charge is 0.0640 e. The largest absolute Gasteiger partial charge is 0.288 e. The van der Waals surface area contributed by atoms with Crippen LogP contribution in [-0.4, -0.2) is 12.8 Å². The highest BCUT2D eigenvalue weighted by atomic mass is 14.7. The van der Waals surface area contributed by atoms with Gasteiger partial charge in [0.15, 0.2) is 0 Å². The Kier molecular flexibility index (Phi) is 1.35. The van der Waals surface area contributed by atoms with Crippen LogP contribution in [0.2, 0.25) is 0 Å². The van der Waals surface area contributed by atoms with Gasteiger partial charge in [0.05, 0.1) is 6.54 Å². The topological polar surface area (TPSA) is 12.4 Å². The number of fused-ring (bicyclic) bond motifs is 1. The Morgan fingerprint density at radius 3 is 2.91 bits per heavy atom. The van der Waals surface area contributed by atoms with Crippen LogP contribution in [0, 0.1) is 0 Å². The number of nitrogens with zero attached hydrogens (tertiary/aromatic N) is 1. The Balaban J connectivity index is 2.63. The van der Waals surface area contributed by atoms with Gasteiger partial charge in [-0.05, 0) is 16.7 Å². The van der Waals surface area contributed by atoms with E-state index in [0.717, 1.165) is 12.1 Å². The normalized spacial score (nSPS) is 14.7. The molecule has 0 N–H and O–H groups in total. The molecule has 0 saturated carbocycles. The highest BCUT2D eigenvalue weighted by molar-refractivity contribution is 5.91. The lowest BCUT2D eigenvalue weighted by Gasteiger charge is -2.10. The molecule has 0 bridgehead atoms. The van der Waals surface area contributed by atoms with Gasteiger partial charge in [-0.3, -0.25) is 4.99 Å². The van der Waals surface area contributed by atoms with Crippen molar-refractivity contribution in [3.63, 3.8) is 0 Å². The van der Waals surface area contributed by atoms with E-state index in [1.165, 1.54) is 11.1 Å². The molecule has 54 valence electrons. The zero-order valence-electron chi connectivity index (χ0n) is 6.25. The number of rotatable bonds is 0. The van der Waals surface area contributed by atoms with Gasteiger partial charge < -0.3 is 0 Å². The average Bonchev–Trinajstić information content (AvgIpc) is 2.06. The van der Waals surface area contributed by atoms with Gasteiger partial charge in [-0.2, -0.15) is 0 Å². The van der Waals surface area contributed by atoms with E-state index < -0.39 is 0 Å². The Bertz CT molecular complexity index is 323. The van der Waals surface area contributed by atoms with Gasteiger partial charge in [0.1, 0.15) is 0 Å². The summed E-state index contributed by atoms with van der Waals surface area (Å²) >= 11 is 0. The van der Waals surface area contributed by atoms with Crippen LogP contribution in [0.15, 0.2) is 35.8 Å². The molecule has 0 aromatic heterocycles. The summed E-state index contributed by atoms with van der Waals surface area (Å²) in [5.74, 6) is 0. The molecule has 0 radical (unpaired) electrons. The third-order valence-corrected chi connectivity index (χ3v) is 1.85. The van der Waals surface area contributed by atoms with Crippen molar-refractivity contribution in [3.8, 4) is 0 Å². The Labute approximate surface area is 66.1 Å². The first-order valence-electron chi connectivity index (χ1n) is 3.65. The Hall–Kier alpha value is -1.37. The monoisotopic (exact) mass is 143 g/mol. The molecule has 1 aliphatic heterocycles. The molecule has 0 unspecified atom stereocenters. The van der Waals surface area contributed by atoms with E-state index >= 15 is 0 Å². The molecule has 0 fully saturated rings. The second-order valence-corrected chi connectivity index (χ2v) is 2.66. The van der Waals surface area contributed by atoms with Crippen molar-refractivity contribution in [1.82, 2.24) is 0 Å². The third kappa shape index (κ3) is 0.984. The molecular formula is C10H9N. The lowest BCUT2D eigenvalue weighted by atomic mass is 10.00. The fourth-order valence-corrected chi connectivity index (χ4v) is 1.27. The van der Waals surface area contributed by atoms with E-state index in [2.05, 4.69) is 23.7 Å². The number of hydrogen-bond acceptors (Lipinski definition) is 1. The van der Waals surface area contributed by atoms with E-state index in [-0.39, 0.29) is 0 Å². The lowest BCUT2D eigenvalue weighted by Crippen LogP contribution is -1.99. The van der Waals surface area contributed by atoms with Crippen molar-refractivity contribution in [2.24, 2.45) is 4.99 Å². The van der Waals surface area contributed by atoms with Gasteiger partial charge in [0, 0.05) is 6.21 Å². The summed E-state index contributed by atoms with van der Waals surface area (Å²) in [5, 5.41) is 0. The summed E-state index contributed by atoms with van der Waals surface area (Å²) in [5.41, 5.74) is 3.54. The van der Waals surface area contributed by atoms with Gasteiger partial charge in [0.2, 0.25) is 0 Å². The summed E-state index contributed by atoms with van der Waals surface area (Å²) in [7, 11) is 0. The second-order valence-electron chi connectivity index (χ2n) is 2.66. The van der Waals surface area contributed by atoms with Crippen LogP contribution in [0.1, 0.15) is 11.1 Å². The second kappa shape index (κ2) is 2.35. The first-order chi connectivity index (χ1) is 5.38. The first kappa shape index (κ1) is 6.35. The molecule has 1 heterocycles. The van der Waals surface area contributed by atoms with Crippen molar-refractivity contribution in [3.05, 3.63) is 42.0 Å². The third-order valence-electron chi connectivity index (χ3n) is 1.85. The maximum Gasteiger partial charge on any atom is 0.0640 e. The van der Waals surface area contributed by atoms with Gasteiger partial charge in [0.25, 0.3) is 0 Å². The molecule has 11 heavy (non-hydrogen) atoms. The van der Waals surface area contributed by atoms with E-state index in [9.17, 15) is 0 Å². The molecule has 0 amide bonds. The van der Waals surface area contributed by atoms with E-state index in [0.29, 0.717) is 0 Å². The zero-order valence-corrected chi connectivity index (χ0v) is 6.25. The van der Waals surface area contributed by atoms with Crippen molar-refractivity contribution < 1.29 is 0 Å². The maximum atomic E-state index is 4.17. The van der Waals surface area contributed by atoms with Crippen LogP contribution in [0.5, 0.6) is 0 Å². The lowest BCUT2D eigenvalue weighted by molar-refractivity contribution is 1.24. The van der Waals surface area contributed by atoms with Crippen molar-refractivity contribution in [2.45, 2.75) is 0 Å². The fraction of sp³-hybridized carbons (Fsp3) is 0.100. The number of benzene rings is 1. The van der Waals surface area contributed by atoms with Crippen molar-refractivity contribution in [2.75, 3.05) is 6.54 Å². The average molecular weight is 143 g/mol. The van der Waals surface area contributed by atoms with Gasteiger partial charge in [-0.25, -0.2) is 0 Å². The summed E-state index contributed by atoms with van der Waals surface area (Å²) in [4.78, 5) is 4.17. The molecule has 0 spiro atoms. The number of hydrogen-bond donors (Lipinski definition) is 0. The Morgan fingerprint density at radius 1 is 1.27 bits per heavy atom. The van der Waals surface area contributed by atoms with Crippen LogP contribution < -0.4 is 0 Å². The molecular weight excluding hydrogens is 134 g/mol. The SMILES string of the molecule is C=C1CN=Cc2ccccc21. The summed E-state index contributed by atoms with van der Waals surface area (Å²) in [6.07, 6.45) is 1.91. The molecule has 1 nitrogen and oxygen atoms in total. The predicted octanol–water partition coefficient (Wildman–Crippen LogP) is 2.13. The minimum atomic E-state index is 0.747. The molecule has 0 atom stereocenters. The molecule has 0 aliphatic carbocycles. The van der Waals surface area contributed by atoms with Gasteiger partial charge >= 0.3 is 0 Å². The minimum Gasteiger partial charge on any atom is -0.288 e. The number of aliphatic imine (C=N–C) groups is 1. The standard InChI is InChI=1S/C10H9N/c1-8-6-11-7-9-4-2-3-5-10(8)9/h2-5,7H,1,6H2. The van der Waals surface area contributed by atoms with Crippen LogP contribution >= 0.6 is 0 Å². The minimum absolute atomic E-state index is 0.747. The molecule has 1 aromatic carbocycles. The summed E-state index contributed by atoms with van der Waals surface area (Å²) in [6, 6.07) is 8.19. The zero-order chi connectivity index (χ0) is 7.68. The van der Waals surface area contributed by atoms with Crippen LogP contribution in [0.3, 0.4) is 0 Å². The highest BCUT2D eigenvalue weighted by Gasteiger charge is 2.06. The van der Waals surface area contributed by atoms with E-state index in [1.807, 2.05) is 18.3 Å².